The van der Waals surface area contributed by atoms with E-state index in [-0.39, 0.29) is 5.97 Å². The molecular formula is C21H20N2O2S. The molecule has 4 nitrogen and oxygen atoms in total. The topological polar surface area (TPSA) is 52.1 Å². The van der Waals surface area contributed by atoms with Crippen LogP contribution in [-0.4, -0.2) is 22.5 Å². The quantitative estimate of drug-likeness (QED) is 0.353. The minimum absolute atomic E-state index is 0.316. The Kier molecular flexibility index (Phi) is 6.02. The average molecular weight is 364 g/mol. The Hall–Kier alpha value is -2.66. The van der Waals surface area contributed by atoms with Crippen molar-refractivity contribution >= 4 is 17.7 Å². The molecule has 1 heterocycles. The van der Waals surface area contributed by atoms with Crippen LogP contribution in [0, 0.1) is 6.92 Å². The molecule has 26 heavy (non-hydrogen) atoms. The first-order chi connectivity index (χ1) is 12.7. The molecule has 3 rings (SSSR count). The van der Waals surface area contributed by atoms with Gasteiger partial charge < -0.3 is 4.74 Å². The predicted molar refractivity (Wildman–Crippen MR) is 104 cm³/mol. The summed E-state index contributed by atoms with van der Waals surface area (Å²) in [6.07, 6.45) is 0. The van der Waals surface area contributed by atoms with Crippen LogP contribution in [0.4, 0.5) is 0 Å². The van der Waals surface area contributed by atoms with E-state index in [0.717, 1.165) is 11.3 Å². The van der Waals surface area contributed by atoms with Gasteiger partial charge in [0.25, 0.3) is 0 Å². The molecule has 0 aliphatic carbocycles. The highest BCUT2D eigenvalue weighted by atomic mass is 32.2. The van der Waals surface area contributed by atoms with E-state index < -0.39 is 0 Å². The second-order valence-corrected chi connectivity index (χ2v) is 6.62. The number of ether oxygens (including phenoxy) is 1. The summed E-state index contributed by atoms with van der Waals surface area (Å²) in [6.45, 7) is 3.93. The second-order valence-electron chi connectivity index (χ2n) is 5.68. The van der Waals surface area contributed by atoms with Crippen LogP contribution in [0.1, 0.15) is 28.5 Å². The zero-order chi connectivity index (χ0) is 18.4. The molecule has 132 valence electrons. The SMILES string of the molecule is CCOC(=O)c1c(C)nc(SCc2ccccc2)nc1-c1ccccc1. The summed E-state index contributed by atoms with van der Waals surface area (Å²) in [6, 6.07) is 19.9. The van der Waals surface area contributed by atoms with Crippen molar-refractivity contribution in [1.82, 2.24) is 9.97 Å². The molecule has 0 unspecified atom stereocenters. The number of aromatic nitrogens is 2. The summed E-state index contributed by atoms with van der Waals surface area (Å²) in [5, 5.41) is 0.651. The minimum atomic E-state index is -0.386. The van der Waals surface area contributed by atoms with E-state index in [9.17, 15) is 4.79 Å². The van der Waals surface area contributed by atoms with Crippen LogP contribution < -0.4 is 0 Å². The van der Waals surface area contributed by atoms with Crippen LogP contribution in [0.25, 0.3) is 11.3 Å². The maximum atomic E-state index is 12.4. The third-order valence-electron chi connectivity index (χ3n) is 3.81. The lowest BCUT2D eigenvalue weighted by atomic mass is 10.0. The van der Waals surface area contributed by atoms with Gasteiger partial charge in [-0.25, -0.2) is 14.8 Å². The van der Waals surface area contributed by atoms with Gasteiger partial charge in [-0.1, -0.05) is 72.4 Å². The maximum Gasteiger partial charge on any atom is 0.342 e. The van der Waals surface area contributed by atoms with Crippen LogP contribution in [0.3, 0.4) is 0 Å². The monoisotopic (exact) mass is 364 g/mol. The molecule has 0 atom stereocenters. The van der Waals surface area contributed by atoms with E-state index in [1.165, 1.54) is 5.56 Å². The average Bonchev–Trinajstić information content (AvgIpc) is 2.67. The Morgan fingerprint density at radius 3 is 2.31 bits per heavy atom. The summed E-state index contributed by atoms with van der Waals surface area (Å²) in [5.41, 5.74) is 3.76. The van der Waals surface area contributed by atoms with Gasteiger partial charge in [-0.3, -0.25) is 0 Å². The van der Waals surface area contributed by atoms with Gasteiger partial charge in [-0.15, -0.1) is 0 Å². The first-order valence-electron chi connectivity index (χ1n) is 8.47. The number of hydrogen-bond donors (Lipinski definition) is 0. The van der Waals surface area contributed by atoms with E-state index in [1.54, 1.807) is 18.7 Å². The fourth-order valence-corrected chi connectivity index (χ4v) is 3.43. The predicted octanol–water partition coefficient (Wildman–Crippen LogP) is 4.92. The molecule has 0 N–H and O–H groups in total. The van der Waals surface area contributed by atoms with Gasteiger partial charge in [-0.05, 0) is 19.4 Å². The molecule has 0 amide bonds. The van der Waals surface area contributed by atoms with Crippen LogP contribution >= 0.6 is 11.8 Å². The van der Waals surface area contributed by atoms with Gasteiger partial charge in [0.15, 0.2) is 5.16 Å². The van der Waals surface area contributed by atoms with Crippen molar-refractivity contribution in [3.8, 4) is 11.3 Å². The maximum absolute atomic E-state index is 12.4. The lowest BCUT2D eigenvalue weighted by Gasteiger charge is -2.12. The highest BCUT2D eigenvalue weighted by Gasteiger charge is 2.21. The number of rotatable bonds is 6. The molecule has 0 aliphatic rings. The molecule has 1 aromatic heterocycles. The number of nitrogens with zero attached hydrogens (tertiary/aromatic N) is 2. The summed E-state index contributed by atoms with van der Waals surface area (Å²) in [7, 11) is 0. The molecule has 0 aliphatic heterocycles. The lowest BCUT2D eigenvalue weighted by molar-refractivity contribution is 0.0525. The molecule has 0 spiro atoms. The third-order valence-corrected chi connectivity index (χ3v) is 4.73. The Balaban J connectivity index is 1.97. The van der Waals surface area contributed by atoms with Gasteiger partial charge in [0.1, 0.15) is 5.56 Å². The largest absolute Gasteiger partial charge is 0.462 e. The zero-order valence-corrected chi connectivity index (χ0v) is 15.6. The highest BCUT2D eigenvalue weighted by Crippen LogP contribution is 2.28. The van der Waals surface area contributed by atoms with E-state index in [4.69, 9.17) is 4.74 Å². The number of aryl methyl sites for hydroxylation is 1. The molecule has 2 aromatic carbocycles. The molecule has 0 saturated carbocycles. The fraction of sp³-hybridized carbons (Fsp3) is 0.190. The van der Waals surface area contributed by atoms with Crippen molar-refractivity contribution in [2.75, 3.05) is 6.61 Å². The van der Waals surface area contributed by atoms with Crippen molar-refractivity contribution in [1.29, 1.82) is 0 Å². The summed E-state index contributed by atoms with van der Waals surface area (Å²) in [5.74, 6) is 0.385. The molecular weight excluding hydrogens is 344 g/mol. The van der Waals surface area contributed by atoms with Crippen molar-refractivity contribution in [2.24, 2.45) is 0 Å². The summed E-state index contributed by atoms with van der Waals surface area (Å²) < 4.78 is 5.21. The molecule has 0 radical (unpaired) electrons. The number of carbonyl (C=O) groups excluding carboxylic acids is 1. The van der Waals surface area contributed by atoms with E-state index >= 15 is 0 Å². The first-order valence-corrected chi connectivity index (χ1v) is 9.45. The molecule has 0 fully saturated rings. The number of thioether (sulfide) groups is 1. The van der Waals surface area contributed by atoms with Gasteiger partial charge in [0.05, 0.1) is 18.0 Å². The van der Waals surface area contributed by atoms with Crippen LogP contribution in [0.15, 0.2) is 65.8 Å². The fourth-order valence-electron chi connectivity index (χ4n) is 2.59. The number of esters is 1. The van der Waals surface area contributed by atoms with Gasteiger partial charge in [0, 0.05) is 11.3 Å². The Bertz CT molecular complexity index is 883. The van der Waals surface area contributed by atoms with Gasteiger partial charge in [0.2, 0.25) is 0 Å². The normalized spacial score (nSPS) is 10.5. The Morgan fingerprint density at radius 2 is 1.65 bits per heavy atom. The second kappa shape index (κ2) is 8.63. The molecule has 0 saturated heterocycles. The highest BCUT2D eigenvalue weighted by molar-refractivity contribution is 7.98. The first kappa shape index (κ1) is 18.1. The van der Waals surface area contributed by atoms with Crippen LogP contribution in [0.2, 0.25) is 0 Å². The van der Waals surface area contributed by atoms with Gasteiger partial charge >= 0.3 is 5.97 Å². The summed E-state index contributed by atoms with van der Waals surface area (Å²) in [4.78, 5) is 21.6. The van der Waals surface area contributed by atoms with Crippen molar-refractivity contribution in [3.63, 3.8) is 0 Å². The summed E-state index contributed by atoms with van der Waals surface area (Å²) >= 11 is 1.56. The molecule has 5 heteroatoms. The molecule has 0 bridgehead atoms. The van der Waals surface area contributed by atoms with Crippen LogP contribution in [-0.2, 0) is 10.5 Å². The van der Waals surface area contributed by atoms with E-state index in [2.05, 4.69) is 22.1 Å². The van der Waals surface area contributed by atoms with E-state index in [1.807, 2.05) is 55.5 Å². The smallest absolute Gasteiger partial charge is 0.342 e. The standard InChI is InChI=1S/C21H20N2O2S/c1-3-25-20(24)18-15(2)22-21(26-14-16-10-6-4-7-11-16)23-19(18)17-12-8-5-9-13-17/h4-13H,3,14H2,1-2H3. The van der Waals surface area contributed by atoms with Crippen molar-refractivity contribution in [2.45, 2.75) is 24.8 Å². The zero-order valence-electron chi connectivity index (χ0n) is 14.8. The number of hydrogen-bond acceptors (Lipinski definition) is 5. The third kappa shape index (κ3) is 4.29. The molecule has 3 aromatic rings. The van der Waals surface area contributed by atoms with Crippen molar-refractivity contribution < 1.29 is 9.53 Å². The lowest BCUT2D eigenvalue weighted by Crippen LogP contribution is -2.12. The van der Waals surface area contributed by atoms with E-state index in [0.29, 0.717) is 28.7 Å². The Labute approximate surface area is 157 Å². The van der Waals surface area contributed by atoms with Crippen LogP contribution in [0.5, 0.6) is 0 Å². The number of benzene rings is 2. The van der Waals surface area contributed by atoms with Gasteiger partial charge in [-0.2, -0.15) is 0 Å². The van der Waals surface area contributed by atoms with Crippen molar-refractivity contribution in [3.05, 3.63) is 77.5 Å². The number of carbonyl (C=O) groups is 1. The Morgan fingerprint density at radius 1 is 1.00 bits per heavy atom. The minimum Gasteiger partial charge on any atom is -0.462 e.